The fraction of sp³-hybridized carbons (Fsp3) is 0.250. The van der Waals surface area contributed by atoms with Gasteiger partial charge in [-0.25, -0.2) is 9.78 Å². The summed E-state index contributed by atoms with van der Waals surface area (Å²) < 4.78 is 0. The SMILES string of the molecule is N[C@@H](CC(=O)O)C(=O)N[C@@H](Cc1c[nH]c2ccccc12)C(=O)N[C@@H](Cc1cnc[nH]1)C(=O)N[C@@H](Cc1c[nH]c2ccccc12)C(=O)O. The number of aliphatic carboxylic acids is 2. The minimum Gasteiger partial charge on any atom is -0.481 e. The fourth-order valence-electron chi connectivity index (χ4n) is 5.38. The first kappa shape index (κ1) is 32.4. The molecule has 0 bridgehead atoms. The monoisotopic (exact) mass is 642 g/mol. The molecule has 0 saturated carbocycles. The van der Waals surface area contributed by atoms with Crippen LogP contribution in [0.3, 0.4) is 0 Å². The topological polar surface area (TPSA) is 248 Å². The number of hydrogen-bond acceptors (Lipinski definition) is 7. The van der Waals surface area contributed by atoms with Crippen molar-refractivity contribution in [1.82, 2.24) is 35.9 Å². The van der Waals surface area contributed by atoms with Gasteiger partial charge in [0.1, 0.15) is 18.1 Å². The Morgan fingerprint density at radius 3 is 1.74 bits per heavy atom. The van der Waals surface area contributed by atoms with Gasteiger partial charge in [-0.1, -0.05) is 36.4 Å². The molecule has 15 nitrogen and oxygen atoms in total. The first-order valence-electron chi connectivity index (χ1n) is 14.8. The summed E-state index contributed by atoms with van der Waals surface area (Å²) in [6.45, 7) is 0. The normalized spacial score (nSPS) is 13.8. The van der Waals surface area contributed by atoms with Crippen LogP contribution in [0.25, 0.3) is 21.8 Å². The Hall–Kier alpha value is -5.96. The number of carboxylic acids is 2. The van der Waals surface area contributed by atoms with E-state index >= 15 is 0 Å². The first-order valence-corrected chi connectivity index (χ1v) is 14.8. The van der Waals surface area contributed by atoms with Gasteiger partial charge in [0.2, 0.25) is 17.7 Å². The molecule has 5 rings (SSSR count). The highest BCUT2D eigenvalue weighted by Gasteiger charge is 2.32. The van der Waals surface area contributed by atoms with Crippen LogP contribution in [0.2, 0.25) is 0 Å². The van der Waals surface area contributed by atoms with Crippen LogP contribution < -0.4 is 21.7 Å². The lowest BCUT2D eigenvalue weighted by molar-refractivity contribution is -0.142. The molecule has 2 aromatic carbocycles. The molecule has 0 aliphatic carbocycles. The van der Waals surface area contributed by atoms with Crippen LogP contribution in [-0.2, 0) is 43.2 Å². The quantitative estimate of drug-likeness (QED) is 0.0780. The van der Waals surface area contributed by atoms with Gasteiger partial charge in [-0.3, -0.25) is 19.2 Å². The number of para-hydroxylation sites is 2. The van der Waals surface area contributed by atoms with Crippen molar-refractivity contribution in [3.8, 4) is 0 Å². The fourth-order valence-corrected chi connectivity index (χ4v) is 5.38. The highest BCUT2D eigenvalue weighted by Crippen LogP contribution is 2.21. The number of benzene rings is 2. The number of carbonyl (C=O) groups excluding carboxylic acids is 3. The molecule has 0 aliphatic rings. The van der Waals surface area contributed by atoms with E-state index in [1.807, 2.05) is 48.5 Å². The third-order valence-electron chi connectivity index (χ3n) is 7.79. The molecule has 3 heterocycles. The zero-order valence-corrected chi connectivity index (χ0v) is 25.0. The molecule has 10 N–H and O–H groups in total. The Bertz CT molecular complexity index is 1900. The number of imidazole rings is 1. The maximum atomic E-state index is 13.8. The summed E-state index contributed by atoms with van der Waals surface area (Å²) in [7, 11) is 0. The van der Waals surface area contributed by atoms with Crippen LogP contribution in [0, 0.1) is 0 Å². The molecule has 0 spiro atoms. The van der Waals surface area contributed by atoms with Gasteiger partial charge in [0.05, 0.1) is 18.8 Å². The van der Waals surface area contributed by atoms with Crippen molar-refractivity contribution in [2.45, 2.75) is 49.9 Å². The van der Waals surface area contributed by atoms with E-state index in [-0.39, 0.29) is 19.3 Å². The number of carboxylic acid groups (broad SMARTS) is 2. The van der Waals surface area contributed by atoms with Gasteiger partial charge >= 0.3 is 11.9 Å². The van der Waals surface area contributed by atoms with E-state index in [0.29, 0.717) is 16.8 Å². The lowest BCUT2D eigenvalue weighted by Gasteiger charge is -2.25. The molecular formula is C32H34N8O7. The van der Waals surface area contributed by atoms with Crippen molar-refractivity contribution in [3.05, 3.63) is 90.3 Å². The summed E-state index contributed by atoms with van der Waals surface area (Å²) in [6, 6.07) is 9.35. The molecule has 0 aliphatic heterocycles. The minimum atomic E-state index is -1.43. The van der Waals surface area contributed by atoms with Gasteiger partial charge in [-0.05, 0) is 23.3 Å². The lowest BCUT2D eigenvalue weighted by Crippen LogP contribution is -2.58. The molecule has 3 amide bonds. The number of nitrogens with one attached hydrogen (secondary N) is 6. The van der Waals surface area contributed by atoms with E-state index < -0.39 is 60.2 Å². The average Bonchev–Trinajstić information content (AvgIpc) is 3.80. The van der Waals surface area contributed by atoms with Crippen LogP contribution in [0.15, 0.2) is 73.4 Å². The summed E-state index contributed by atoms with van der Waals surface area (Å²) in [4.78, 5) is 76.9. The van der Waals surface area contributed by atoms with Crippen molar-refractivity contribution >= 4 is 51.5 Å². The predicted molar refractivity (Wildman–Crippen MR) is 170 cm³/mol. The van der Waals surface area contributed by atoms with Crippen molar-refractivity contribution in [2.24, 2.45) is 5.73 Å². The molecule has 3 aromatic heterocycles. The van der Waals surface area contributed by atoms with Crippen LogP contribution in [0.5, 0.6) is 0 Å². The number of nitrogens with two attached hydrogens (primary N) is 1. The highest BCUT2D eigenvalue weighted by atomic mass is 16.4. The number of H-pyrrole nitrogens is 3. The van der Waals surface area contributed by atoms with Gasteiger partial charge in [0.15, 0.2) is 0 Å². The zero-order chi connectivity index (χ0) is 33.5. The molecule has 0 fully saturated rings. The summed E-state index contributed by atoms with van der Waals surface area (Å²) in [5.74, 6) is -4.98. The number of amides is 3. The third kappa shape index (κ3) is 8.01. The number of carbonyl (C=O) groups is 5. The smallest absolute Gasteiger partial charge is 0.326 e. The molecule has 4 atom stereocenters. The van der Waals surface area contributed by atoms with Crippen LogP contribution >= 0.6 is 0 Å². The Morgan fingerprint density at radius 1 is 0.702 bits per heavy atom. The van der Waals surface area contributed by atoms with Crippen molar-refractivity contribution in [2.75, 3.05) is 0 Å². The zero-order valence-electron chi connectivity index (χ0n) is 25.0. The largest absolute Gasteiger partial charge is 0.481 e. The number of aromatic nitrogens is 4. The first-order chi connectivity index (χ1) is 22.6. The Labute approximate surface area is 267 Å². The summed E-state index contributed by atoms with van der Waals surface area (Å²) in [5.41, 5.74) is 9.22. The average molecular weight is 643 g/mol. The predicted octanol–water partition coefficient (Wildman–Crippen LogP) is 0.741. The molecule has 5 aromatic rings. The van der Waals surface area contributed by atoms with Crippen LogP contribution in [0.4, 0.5) is 0 Å². The number of hydrogen-bond donors (Lipinski definition) is 9. The number of fused-ring (bicyclic) bond motifs is 2. The maximum Gasteiger partial charge on any atom is 0.326 e. The Morgan fingerprint density at radius 2 is 1.21 bits per heavy atom. The van der Waals surface area contributed by atoms with Crippen molar-refractivity contribution < 1.29 is 34.2 Å². The highest BCUT2D eigenvalue weighted by molar-refractivity contribution is 5.96. The van der Waals surface area contributed by atoms with Gasteiger partial charge in [0, 0.05) is 65.4 Å². The molecule has 0 unspecified atom stereocenters. The van der Waals surface area contributed by atoms with Crippen molar-refractivity contribution in [1.29, 1.82) is 0 Å². The van der Waals surface area contributed by atoms with Crippen LogP contribution in [-0.4, -0.2) is 84.0 Å². The van der Waals surface area contributed by atoms with Crippen LogP contribution in [0.1, 0.15) is 23.2 Å². The molecular weight excluding hydrogens is 608 g/mol. The van der Waals surface area contributed by atoms with Crippen molar-refractivity contribution in [3.63, 3.8) is 0 Å². The molecule has 15 heteroatoms. The van der Waals surface area contributed by atoms with E-state index in [4.69, 9.17) is 10.8 Å². The molecule has 0 saturated heterocycles. The third-order valence-corrected chi connectivity index (χ3v) is 7.79. The van der Waals surface area contributed by atoms with E-state index in [1.54, 1.807) is 12.4 Å². The van der Waals surface area contributed by atoms with Gasteiger partial charge < -0.3 is 46.8 Å². The standard InChI is InChI=1S/C32H34N8O7/c33-22(12-28(41)42)29(43)38-25(9-17-13-35-23-7-3-1-5-20(17)23)30(44)39-26(11-19-15-34-16-37-19)31(45)40-27(32(46)47)10-18-14-36-24-8-4-2-6-21(18)24/h1-8,13-16,22,25-27,35-36H,9-12,33H2,(H,34,37)(H,38,43)(H,39,44)(H,40,45)(H,41,42)(H,46,47)/t22-,25-,26-,27-/m0/s1. The minimum absolute atomic E-state index is 0.0297. The lowest BCUT2D eigenvalue weighted by atomic mass is 10.0. The summed E-state index contributed by atoms with van der Waals surface area (Å²) in [5, 5.41) is 28.5. The van der Waals surface area contributed by atoms with E-state index in [1.165, 1.54) is 12.5 Å². The number of aromatic amines is 3. The molecule has 244 valence electrons. The second-order valence-corrected chi connectivity index (χ2v) is 11.1. The van der Waals surface area contributed by atoms with E-state index in [2.05, 4.69) is 35.9 Å². The van der Waals surface area contributed by atoms with Gasteiger partial charge in [-0.15, -0.1) is 0 Å². The van der Waals surface area contributed by atoms with E-state index in [9.17, 15) is 29.1 Å². The van der Waals surface area contributed by atoms with Gasteiger partial charge in [0.25, 0.3) is 0 Å². The Balaban J connectivity index is 1.38. The second-order valence-electron chi connectivity index (χ2n) is 11.1. The maximum absolute atomic E-state index is 13.8. The van der Waals surface area contributed by atoms with Gasteiger partial charge in [-0.2, -0.15) is 0 Å². The molecule has 0 radical (unpaired) electrons. The summed E-state index contributed by atoms with van der Waals surface area (Å²) in [6.07, 6.45) is 5.42. The van der Waals surface area contributed by atoms with E-state index in [0.717, 1.165) is 21.8 Å². The molecule has 47 heavy (non-hydrogen) atoms. The number of rotatable bonds is 15. The summed E-state index contributed by atoms with van der Waals surface area (Å²) >= 11 is 0. The number of nitrogens with zero attached hydrogens (tertiary/aromatic N) is 1. The Kier molecular flexibility index (Phi) is 9.96. The second kappa shape index (κ2) is 14.4.